The molecule has 1 aromatic rings. The van der Waals surface area contributed by atoms with E-state index < -0.39 is 0 Å². The van der Waals surface area contributed by atoms with Crippen LogP contribution in [-0.2, 0) is 4.84 Å². The Hall–Kier alpha value is -1.46. The van der Waals surface area contributed by atoms with Gasteiger partial charge in [-0.2, -0.15) is 0 Å². The second-order valence-corrected chi connectivity index (χ2v) is 3.68. The van der Waals surface area contributed by atoms with Crippen LogP contribution < -0.4 is 20.1 Å². The van der Waals surface area contributed by atoms with Crippen LogP contribution in [0.3, 0.4) is 0 Å². The van der Waals surface area contributed by atoms with Gasteiger partial charge in [0.2, 0.25) is 6.79 Å². The van der Waals surface area contributed by atoms with Crippen LogP contribution in [0.1, 0.15) is 18.4 Å². The maximum Gasteiger partial charge on any atom is 0.231 e. The number of methoxy groups -OCH3 is 1. The Labute approximate surface area is 94.0 Å². The summed E-state index contributed by atoms with van der Waals surface area (Å²) in [6, 6.07) is 3.73. The fourth-order valence-electron chi connectivity index (χ4n) is 1.74. The van der Waals surface area contributed by atoms with Crippen LogP contribution in [-0.4, -0.2) is 20.5 Å². The van der Waals surface area contributed by atoms with Crippen LogP contribution in [0.2, 0.25) is 0 Å². The standard InChI is InChI=1S/C11H15NO4/c1-7(5-16-12)8-3-10-11(15-6-14-10)4-9(8)13-2/h3-4,7H,5-6,12H2,1-2H3. The van der Waals surface area contributed by atoms with E-state index >= 15 is 0 Å². The summed E-state index contributed by atoms with van der Waals surface area (Å²) in [6.07, 6.45) is 0. The molecule has 1 heterocycles. The number of hydrogen-bond donors (Lipinski definition) is 1. The highest BCUT2D eigenvalue weighted by atomic mass is 16.7. The van der Waals surface area contributed by atoms with Crippen LogP contribution in [0.5, 0.6) is 17.2 Å². The Morgan fingerprint density at radius 3 is 2.69 bits per heavy atom. The predicted molar refractivity (Wildman–Crippen MR) is 57.7 cm³/mol. The molecule has 0 radical (unpaired) electrons. The third-order valence-corrected chi connectivity index (χ3v) is 2.60. The summed E-state index contributed by atoms with van der Waals surface area (Å²) in [5.74, 6) is 7.41. The first-order valence-corrected chi connectivity index (χ1v) is 5.05. The molecule has 5 heteroatoms. The van der Waals surface area contributed by atoms with Gasteiger partial charge in [0.05, 0.1) is 13.7 Å². The Morgan fingerprint density at radius 2 is 2.06 bits per heavy atom. The van der Waals surface area contributed by atoms with Gasteiger partial charge < -0.3 is 19.0 Å². The van der Waals surface area contributed by atoms with Gasteiger partial charge in [-0.1, -0.05) is 6.92 Å². The molecule has 0 amide bonds. The SMILES string of the molecule is COc1cc2c(cc1C(C)CON)OCO2. The van der Waals surface area contributed by atoms with Gasteiger partial charge in [0.25, 0.3) is 0 Å². The lowest BCUT2D eigenvalue weighted by molar-refractivity contribution is 0.126. The Morgan fingerprint density at radius 1 is 1.38 bits per heavy atom. The molecule has 1 unspecified atom stereocenters. The summed E-state index contributed by atoms with van der Waals surface area (Å²) in [7, 11) is 1.62. The highest BCUT2D eigenvalue weighted by Gasteiger charge is 2.20. The zero-order valence-electron chi connectivity index (χ0n) is 9.36. The van der Waals surface area contributed by atoms with Crippen LogP contribution in [0, 0.1) is 0 Å². The second kappa shape index (κ2) is 4.59. The molecule has 2 rings (SSSR count). The van der Waals surface area contributed by atoms with E-state index in [9.17, 15) is 0 Å². The largest absolute Gasteiger partial charge is 0.496 e. The molecule has 2 N–H and O–H groups in total. The van der Waals surface area contributed by atoms with Crippen molar-refractivity contribution in [1.29, 1.82) is 0 Å². The summed E-state index contributed by atoms with van der Waals surface area (Å²) in [4.78, 5) is 4.65. The quantitative estimate of drug-likeness (QED) is 0.785. The fourth-order valence-corrected chi connectivity index (χ4v) is 1.74. The van der Waals surface area contributed by atoms with Crippen LogP contribution >= 0.6 is 0 Å². The summed E-state index contributed by atoms with van der Waals surface area (Å²) < 4.78 is 15.9. The minimum absolute atomic E-state index is 0.134. The van der Waals surface area contributed by atoms with Crippen molar-refractivity contribution in [3.8, 4) is 17.2 Å². The van der Waals surface area contributed by atoms with Crippen molar-refractivity contribution in [3.05, 3.63) is 17.7 Å². The van der Waals surface area contributed by atoms with Gasteiger partial charge in [-0.05, 0) is 6.07 Å². The molecule has 0 spiro atoms. The van der Waals surface area contributed by atoms with E-state index in [1.807, 2.05) is 19.1 Å². The lowest BCUT2D eigenvalue weighted by atomic mass is 10.0. The van der Waals surface area contributed by atoms with Crippen molar-refractivity contribution in [2.24, 2.45) is 5.90 Å². The molecule has 16 heavy (non-hydrogen) atoms. The van der Waals surface area contributed by atoms with E-state index in [4.69, 9.17) is 20.1 Å². The minimum atomic E-state index is 0.134. The molecule has 0 fully saturated rings. The second-order valence-electron chi connectivity index (χ2n) is 3.68. The van der Waals surface area contributed by atoms with Crippen LogP contribution in [0.15, 0.2) is 12.1 Å². The van der Waals surface area contributed by atoms with Gasteiger partial charge >= 0.3 is 0 Å². The van der Waals surface area contributed by atoms with E-state index in [0.717, 1.165) is 17.1 Å². The molecule has 0 bridgehead atoms. The average molecular weight is 225 g/mol. The van der Waals surface area contributed by atoms with Crippen LogP contribution in [0.25, 0.3) is 0 Å². The van der Waals surface area contributed by atoms with E-state index in [1.165, 1.54) is 0 Å². The molecular weight excluding hydrogens is 210 g/mol. The molecule has 0 aliphatic carbocycles. The number of nitrogens with two attached hydrogens (primary N) is 1. The minimum Gasteiger partial charge on any atom is -0.496 e. The van der Waals surface area contributed by atoms with Crippen LogP contribution in [0.4, 0.5) is 0 Å². The third-order valence-electron chi connectivity index (χ3n) is 2.60. The summed E-state index contributed by atoms with van der Waals surface area (Å²) >= 11 is 0. The average Bonchev–Trinajstić information content (AvgIpc) is 2.74. The number of ether oxygens (including phenoxy) is 3. The van der Waals surface area contributed by atoms with Crippen molar-refractivity contribution in [2.45, 2.75) is 12.8 Å². The predicted octanol–water partition coefficient (Wildman–Crippen LogP) is 1.42. The zero-order chi connectivity index (χ0) is 11.5. The summed E-state index contributed by atoms with van der Waals surface area (Å²) in [6.45, 7) is 2.69. The maximum atomic E-state index is 5.32. The molecule has 1 aromatic carbocycles. The molecule has 0 aromatic heterocycles. The monoisotopic (exact) mass is 225 g/mol. The van der Waals surface area contributed by atoms with Crippen molar-refractivity contribution in [2.75, 3.05) is 20.5 Å². The van der Waals surface area contributed by atoms with Gasteiger partial charge in [0.1, 0.15) is 5.75 Å². The first kappa shape index (κ1) is 11.0. The Kier molecular flexibility index (Phi) is 3.17. The lowest BCUT2D eigenvalue weighted by Gasteiger charge is -2.15. The molecule has 1 aliphatic heterocycles. The van der Waals surface area contributed by atoms with Gasteiger partial charge in [0.15, 0.2) is 11.5 Å². The van der Waals surface area contributed by atoms with E-state index in [1.54, 1.807) is 7.11 Å². The molecule has 0 saturated carbocycles. The number of benzene rings is 1. The molecule has 88 valence electrons. The molecule has 1 aliphatic rings. The van der Waals surface area contributed by atoms with E-state index in [0.29, 0.717) is 12.4 Å². The summed E-state index contributed by atoms with van der Waals surface area (Å²) in [5.41, 5.74) is 0.997. The first-order valence-electron chi connectivity index (χ1n) is 5.05. The van der Waals surface area contributed by atoms with Gasteiger partial charge in [-0.25, -0.2) is 5.90 Å². The molecule has 5 nitrogen and oxygen atoms in total. The van der Waals surface area contributed by atoms with E-state index in [-0.39, 0.29) is 12.7 Å². The van der Waals surface area contributed by atoms with Crippen molar-refractivity contribution >= 4 is 0 Å². The highest BCUT2D eigenvalue weighted by Crippen LogP contribution is 2.40. The zero-order valence-corrected chi connectivity index (χ0v) is 9.36. The fraction of sp³-hybridized carbons (Fsp3) is 0.455. The van der Waals surface area contributed by atoms with Crippen molar-refractivity contribution in [1.82, 2.24) is 0 Å². The normalized spacial score (nSPS) is 14.9. The topological polar surface area (TPSA) is 62.9 Å². The smallest absolute Gasteiger partial charge is 0.231 e. The van der Waals surface area contributed by atoms with Gasteiger partial charge in [-0.3, -0.25) is 0 Å². The third kappa shape index (κ3) is 1.91. The van der Waals surface area contributed by atoms with Crippen molar-refractivity contribution in [3.63, 3.8) is 0 Å². The Bertz CT molecular complexity index is 380. The summed E-state index contributed by atoms with van der Waals surface area (Å²) in [5, 5.41) is 0. The first-order chi connectivity index (χ1) is 7.76. The molecule has 0 saturated heterocycles. The van der Waals surface area contributed by atoms with Gasteiger partial charge in [-0.15, -0.1) is 0 Å². The number of hydrogen-bond acceptors (Lipinski definition) is 5. The number of fused-ring (bicyclic) bond motifs is 1. The maximum absolute atomic E-state index is 5.32. The van der Waals surface area contributed by atoms with Crippen molar-refractivity contribution < 1.29 is 19.0 Å². The molecular formula is C11H15NO4. The van der Waals surface area contributed by atoms with Gasteiger partial charge in [0, 0.05) is 17.5 Å². The molecule has 1 atom stereocenters. The number of rotatable bonds is 4. The lowest BCUT2D eigenvalue weighted by Crippen LogP contribution is -2.09. The highest BCUT2D eigenvalue weighted by molar-refractivity contribution is 5.52. The van der Waals surface area contributed by atoms with E-state index in [2.05, 4.69) is 4.84 Å². The Balaban J connectivity index is 2.35.